The van der Waals surface area contributed by atoms with Gasteiger partial charge in [0.25, 0.3) is 0 Å². The van der Waals surface area contributed by atoms with Crippen molar-refractivity contribution in [2.75, 3.05) is 10.6 Å². The van der Waals surface area contributed by atoms with E-state index in [0.29, 0.717) is 23.8 Å². The van der Waals surface area contributed by atoms with Gasteiger partial charge in [0, 0.05) is 53.0 Å². The number of carbonyl (C=O) groups is 1. The molecule has 2 aliphatic heterocycles. The van der Waals surface area contributed by atoms with Crippen LogP contribution in [0.1, 0.15) is 64.0 Å². The molecule has 1 aliphatic carbocycles. The molecule has 8 nitrogen and oxygen atoms in total. The molecule has 5 heterocycles. The predicted molar refractivity (Wildman–Crippen MR) is 133 cm³/mol. The maximum Gasteiger partial charge on any atom is 0.229 e. The quantitative estimate of drug-likeness (QED) is 0.501. The Morgan fingerprint density at radius 3 is 2.62 bits per heavy atom. The topological polar surface area (TPSA) is 98.8 Å². The molecule has 1 unspecified atom stereocenters. The zero-order valence-corrected chi connectivity index (χ0v) is 20.0. The molecular weight excluding hydrogens is 426 g/mol. The second-order valence-electron chi connectivity index (χ2n) is 10.7. The lowest BCUT2D eigenvalue weighted by atomic mass is 9.85. The third-order valence-electron chi connectivity index (χ3n) is 8.09. The number of anilines is 3. The second kappa shape index (κ2) is 8.25. The van der Waals surface area contributed by atoms with Crippen molar-refractivity contribution in [3.63, 3.8) is 0 Å². The maximum atomic E-state index is 13.5. The van der Waals surface area contributed by atoms with Gasteiger partial charge in [0.05, 0.1) is 5.52 Å². The minimum absolute atomic E-state index is 0.144. The third-order valence-corrected chi connectivity index (χ3v) is 8.09. The molecule has 3 fully saturated rings. The summed E-state index contributed by atoms with van der Waals surface area (Å²) in [6.45, 7) is 4.16. The first-order chi connectivity index (χ1) is 16.5. The largest absolute Gasteiger partial charge is 0.367 e. The summed E-state index contributed by atoms with van der Waals surface area (Å²) in [5.74, 6) is 2.69. The summed E-state index contributed by atoms with van der Waals surface area (Å²) in [4.78, 5) is 25.3. The van der Waals surface area contributed by atoms with Gasteiger partial charge in [-0.1, -0.05) is 19.8 Å². The first-order valence-corrected chi connectivity index (χ1v) is 12.6. The average molecular weight is 460 g/mol. The highest BCUT2D eigenvalue weighted by atomic mass is 16.2. The summed E-state index contributed by atoms with van der Waals surface area (Å²) in [5.41, 5.74) is 1.73. The molecule has 6 rings (SSSR count). The lowest BCUT2D eigenvalue weighted by Gasteiger charge is -2.43. The molecular formula is C26H33N7O. The Hall–Kier alpha value is -3.16. The number of aromatic nitrogens is 4. The van der Waals surface area contributed by atoms with Gasteiger partial charge in [-0.2, -0.15) is 5.10 Å². The van der Waals surface area contributed by atoms with Crippen LogP contribution in [0, 0.1) is 12.3 Å². The Kier molecular flexibility index (Phi) is 5.19. The fraction of sp³-hybridized carbons (Fsp3) is 0.538. The Morgan fingerprint density at radius 2 is 1.91 bits per heavy atom. The van der Waals surface area contributed by atoms with Crippen LogP contribution in [0.2, 0.25) is 0 Å². The number of carbonyl (C=O) groups excluding carboxylic acids is 1. The molecule has 3 atom stereocenters. The summed E-state index contributed by atoms with van der Waals surface area (Å²) < 4.78 is 0. The van der Waals surface area contributed by atoms with Crippen molar-refractivity contribution in [2.45, 2.75) is 83.3 Å². The molecule has 34 heavy (non-hydrogen) atoms. The molecule has 3 N–H and O–H groups in total. The van der Waals surface area contributed by atoms with Crippen molar-refractivity contribution in [3.05, 3.63) is 36.2 Å². The number of amides is 1. The molecule has 1 saturated carbocycles. The monoisotopic (exact) mass is 459 g/mol. The summed E-state index contributed by atoms with van der Waals surface area (Å²) in [6, 6.07) is 8.88. The number of aromatic amines is 1. The number of rotatable bonds is 5. The Morgan fingerprint density at radius 1 is 1.15 bits per heavy atom. The third kappa shape index (κ3) is 3.79. The minimum atomic E-state index is -0.144. The van der Waals surface area contributed by atoms with Crippen LogP contribution in [-0.2, 0) is 4.79 Å². The fourth-order valence-electron chi connectivity index (χ4n) is 6.36. The van der Waals surface area contributed by atoms with Crippen LogP contribution in [0.3, 0.4) is 0 Å². The fourth-order valence-corrected chi connectivity index (χ4v) is 6.36. The molecule has 0 radical (unpaired) electrons. The van der Waals surface area contributed by atoms with Crippen LogP contribution in [0.25, 0.3) is 10.9 Å². The molecule has 0 aromatic carbocycles. The van der Waals surface area contributed by atoms with Crippen LogP contribution >= 0.6 is 0 Å². The zero-order chi connectivity index (χ0) is 23.3. The van der Waals surface area contributed by atoms with E-state index < -0.39 is 0 Å². The van der Waals surface area contributed by atoms with E-state index in [9.17, 15) is 4.79 Å². The molecule has 2 saturated heterocycles. The lowest BCUT2D eigenvalue weighted by molar-refractivity contribution is -0.145. The van der Waals surface area contributed by atoms with Crippen LogP contribution < -0.4 is 10.6 Å². The summed E-state index contributed by atoms with van der Waals surface area (Å²) in [5, 5.41) is 15.3. The van der Waals surface area contributed by atoms with Gasteiger partial charge in [0.1, 0.15) is 11.6 Å². The van der Waals surface area contributed by atoms with Crippen LogP contribution in [-0.4, -0.2) is 49.1 Å². The van der Waals surface area contributed by atoms with Crippen LogP contribution in [0.5, 0.6) is 0 Å². The van der Waals surface area contributed by atoms with Crippen molar-refractivity contribution in [1.29, 1.82) is 0 Å². The van der Waals surface area contributed by atoms with E-state index >= 15 is 0 Å². The van der Waals surface area contributed by atoms with Gasteiger partial charge < -0.3 is 15.5 Å². The summed E-state index contributed by atoms with van der Waals surface area (Å²) in [7, 11) is 0. The van der Waals surface area contributed by atoms with Gasteiger partial charge in [-0.05, 0) is 57.6 Å². The van der Waals surface area contributed by atoms with Crippen LogP contribution in [0.15, 0.2) is 30.5 Å². The predicted octanol–water partition coefficient (Wildman–Crippen LogP) is 4.92. The van der Waals surface area contributed by atoms with Crippen LogP contribution in [0.4, 0.5) is 17.5 Å². The number of pyridine rings is 2. The number of hydrogen-bond acceptors (Lipinski definition) is 6. The summed E-state index contributed by atoms with van der Waals surface area (Å²) >= 11 is 0. The lowest BCUT2D eigenvalue weighted by Crippen LogP contribution is -2.53. The van der Waals surface area contributed by atoms with E-state index in [1.54, 1.807) is 0 Å². The Balaban J connectivity index is 1.23. The summed E-state index contributed by atoms with van der Waals surface area (Å²) in [6.07, 6.45) is 10.4. The number of hydrogen-bond donors (Lipinski definition) is 3. The molecule has 3 aromatic rings. The molecule has 0 spiro atoms. The second-order valence-corrected chi connectivity index (χ2v) is 10.7. The van der Waals surface area contributed by atoms with Crippen molar-refractivity contribution in [1.82, 2.24) is 25.1 Å². The molecule has 178 valence electrons. The average Bonchev–Trinajstić information content (AvgIpc) is 3.52. The highest BCUT2D eigenvalue weighted by Crippen LogP contribution is 2.45. The van der Waals surface area contributed by atoms with Crippen molar-refractivity contribution < 1.29 is 4.79 Å². The number of piperidine rings is 1. The van der Waals surface area contributed by atoms with Gasteiger partial charge in [-0.15, -0.1) is 0 Å². The highest BCUT2D eigenvalue weighted by Gasteiger charge is 2.49. The minimum Gasteiger partial charge on any atom is -0.367 e. The first kappa shape index (κ1) is 21.4. The standard InChI is InChI=1S/C26H33N7O/c1-16-12-23(32-31-16)29-22-15-21-20(6-5-11-27-21)24(30-22)28-17-13-18-7-8-19(14-17)33(18)25(34)26(2)9-3-4-10-26/h5-6,11-12,15,17-19H,3-4,7-10,13-14H2,1-2H3,(H3,28,29,30,31,32)/t17?,18-,19+. The van der Waals surface area contributed by atoms with E-state index in [0.717, 1.165) is 66.8 Å². The molecule has 2 bridgehead atoms. The van der Waals surface area contributed by atoms with E-state index in [4.69, 9.17) is 4.98 Å². The molecule has 3 aliphatic rings. The van der Waals surface area contributed by atoms with Gasteiger partial charge in [-0.3, -0.25) is 14.9 Å². The van der Waals surface area contributed by atoms with E-state index in [-0.39, 0.29) is 11.5 Å². The van der Waals surface area contributed by atoms with E-state index in [1.807, 2.05) is 31.3 Å². The smallest absolute Gasteiger partial charge is 0.229 e. The SMILES string of the molecule is Cc1cc(Nc2cc3ncccc3c(NC3C[C@H]4CC[C@@H](C3)N4C(=O)C3(C)CCCC3)n2)n[nH]1. The normalized spacial score (nSPS) is 25.6. The van der Waals surface area contributed by atoms with Crippen molar-refractivity contribution in [2.24, 2.45) is 5.41 Å². The van der Waals surface area contributed by atoms with Gasteiger partial charge in [0.2, 0.25) is 5.91 Å². The molecule has 8 heteroatoms. The first-order valence-electron chi connectivity index (χ1n) is 12.6. The maximum absolute atomic E-state index is 13.5. The Bertz CT molecular complexity index is 1200. The zero-order valence-electron chi connectivity index (χ0n) is 20.0. The highest BCUT2D eigenvalue weighted by molar-refractivity contribution is 5.91. The van der Waals surface area contributed by atoms with Gasteiger partial charge in [-0.25, -0.2) is 4.98 Å². The van der Waals surface area contributed by atoms with Gasteiger partial charge >= 0.3 is 0 Å². The van der Waals surface area contributed by atoms with E-state index in [2.05, 4.69) is 43.7 Å². The number of fused-ring (bicyclic) bond motifs is 3. The van der Waals surface area contributed by atoms with Gasteiger partial charge in [0.15, 0.2) is 5.82 Å². The van der Waals surface area contributed by atoms with Crippen molar-refractivity contribution >= 4 is 34.3 Å². The number of nitrogens with one attached hydrogen (secondary N) is 3. The molecule has 1 amide bonds. The molecule has 3 aromatic heterocycles. The number of nitrogens with zero attached hydrogens (tertiary/aromatic N) is 4. The van der Waals surface area contributed by atoms with Crippen molar-refractivity contribution in [3.8, 4) is 0 Å². The van der Waals surface area contributed by atoms with E-state index in [1.165, 1.54) is 12.8 Å². The number of aryl methyl sites for hydroxylation is 1. The number of H-pyrrole nitrogens is 1. The Labute approximate surface area is 199 Å².